The van der Waals surface area contributed by atoms with E-state index >= 15 is 0 Å². The fourth-order valence-corrected chi connectivity index (χ4v) is 3.72. The molecule has 2 atom stereocenters. The minimum atomic E-state index is -2.87. The fourth-order valence-electron chi connectivity index (χ4n) is 2.61. The van der Waals surface area contributed by atoms with E-state index in [1.54, 1.807) is 6.92 Å². The van der Waals surface area contributed by atoms with Gasteiger partial charge in [-0.2, -0.15) is 0 Å². The van der Waals surface area contributed by atoms with Gasteiger partial charge < -0.3 is 10.2 Å². The highest BCUT2D eigenvalue weighted by atomic mass is 32.2. The molecule has 0 spiro atoms. The van der Waals surface area contributed by atoms with Gasteiger partial charge in [0.05, 0.1) is 5.75 Å². The quantitative estimate of drug-likeness (QED) is 0.736. The lowest BCUT2D eigenvalue weighted by Crippen LogP contribution is -2.40. The highest BCUT2D eigenvalue weighted by Gasteiger charge is 2.16. The average molecular weight is 290 g/mol. The molecule has 5 heteroatoms. The number of nitrogens with one attached hydrogen (secondary N) is 1. The highest BCUT2D eigenvalue weighted by Crippen LogP contribution is 2.10. The minimum Gasteiger partial charge on any atom is -0.313 e. The standard InChI is InChI=1S/C14H30N2O2S/c1-4-19(17,18)12-14(3)15-10-13(2)11-16-8-6-5-7-9-16/h13-15H,4-12H2,1-3H3. The minimum absolute atomic E-state index is 0.0498. The van der Waals surface area contributed by atoms with Crippen molar-refractivity contribution in [2.24, 2.45) is 5.92 Å². The molecule has 1 aliphatic heterocycles. The molecule has 1 heterocycles. The molecule has 1 aliphatic rings. The maximum absolute atomic E-state index is 11.5. The summed E-state index contributed by atoms with van der Waals surface area (Å²) in [5.74, 6) is 1.06. The van der Waals surface area contributed by atoms with Crippen LogP contribution in [0.15, 0.2) is 0 Å². The summed E-state index contributed by atoms with van der Waals surface area (Å²) in [5.41, 5.74) is 0. The van der Waals surface area contributed by atoms with Crippen LogP contribution in [0.3, 0.4) is 0 Å². The van der Waals surface area contributed by atoms with Crippen molar-refractivity contribution in [2.45, 2.75) is 46.1 Å². The Morgan fingerprint density at radius 2 is 1.79 bits per heavy atom. The summed E-state index contributed by atoms with van der Waals surface area (Å²) in [5, 5.41) is 3.36. The summed E-state index contributed by atoms with van der Waals surface area (Å²) >= 11 is 0. The maximum Gasteiger partial charge on any atom is 0.151 e. The van der Waals surface area contributed by atoms with Crippen LogP contribution in [0.4, 0.5) is 0 Å². The predicted molar refractivity (Wildman–Crippen MR) is 81.2 cm³/mol. The first-order valence-electron chi connectivity index (χ1n) is 7.59. The lowest BCUT2D eigenvalue weighted by atomic mass is 10.1. The van der Waals surface area contributed by atoms with Crippen LogP contribution in [-0.4, -0.2) is 57.0 Å². The van der Waals surface area contributed by atoms with E-state index in [9.17, 15) is 8.42 Å². The monoisotopic (exact) mass is 290 g/mol. The van der Waals surface area contributed by atoms with Gasteiger partial charge in [-0.15, -0.1) is 0 Å². The van der Waals surface area contributed by atoms with Gasteiger partial charge in [-0.25, -0.2) is 8.42 Å². The predicted octanol–water partition coefficient (Wildman–Crippen LogP) is 1.52. The van der Waals surface area contributed by atoms with E-state index in [4.69, 9.17) is 0 Å². The van der Waals surface area contributed by atoms with Gasteiger partial charge in [0, 0.05) is 18.3 Å². The van der Waals surface area contributed by atoms with Crippen molar-refractivity contribution in [1.82, 2.24) is 10.2 Å². The van der Waals surface area contributed by atoms with Crippen molar-refractivity contribution >= 4 is 9.84 Å². The van der Waals surface area contributed by atoms with E-state index in [1.807, 2.05) is 6.92 Å². The molecular weight excluding hydrogens is 260 g/mol. The second kappa shape index (κ2) is 8.22. The number of rotatable bonds is 8. The Morgan fingerprint density at radius 1 is 1.16 bits per heavy atom. The lowest BCUT2D eigenvalue weighted by molar-refractivity contribution is 0.198. The molecule has 1 fully saturated rings. The van der Waals surface area contributed by atoms with E-state index in [2.05, 4.69) is 17.1 Å². The van der Waals surface area contributed by atoms with Crippen molar-refractivity contribution in [3.63, 3.8) is 0 Å². The van der Waals surface area contributed by atoms with Gasteiger partial charge in [0.15, 0.2) is 9.84 Å². The van der Waals surface area contributed by atoms with Crippen molar-refractivity contribution in [1.29, 1.82) is 0 Å². The number of piperidine rings is 1. The summed E-state index contributed by atoms with van der Waals surface area (Å²) in [7, 11) is -2.87. The normalized spacial score (nSPS) is 21.2. The van der Waals surface area contributed by atoms with Gasteiger partial charge in [-0.1, -0.05) is 20.3 Å². The Bertz CT molecular complexity index is 337. The van der Waals surface area contributed by atoms with Crippen LogP contribution in [0.5, 0.6) is 0 Å². The third kappa shape index (κ3) is 7.28. The summed E-state index contributed by atoms with van der Waals surface area (Å²) in [6.45, 7) is 10.4. The van der Waals surface area contributed by atoms with Crippen molar-refractivity contribution in [2.75, 3.05) is 37.7 Å². The zero-order valence-corrected chi connectivity index (χ0v) is 13.5. The van der Waals surface area contributed by atoms with E-state index in [-0.39, 0.29) is 17.5 Å². The average Bonchev–Trinajstić information content (AvgIpc) is 2.37. The molecule has 4 nitrogen and oxygen atoms in total. The third-order valence-corrected chi connectivity index (χ3v) is 5.66. The molecule has 0 aromatic heterocycles. The Morgan fingerprint density at radius 3 is 2.37 bits per heavy atom. The Balaban J connectivity index is 2.20. The van der Waals surface area contributed by atoms with Crippen LogP contribution in [0.25, 0.3) is 0 Å². The topological polar surface area (TPSA) is 49.4 Å². The summed E-state index contributed by atoms with van der Waals surface area (Å²) in [6, 6.07) is 0.0498. The zero-order valence-electron chi connectivity index (χ0n) is 12.7. The molecule has 0 aliphatic carbocycles. The van der Waals surface area contributed by atoms with Gasteiger partial charge in [0.2, 0.25) is 0 Å². The summed E-state index contributed by atoms with van der Waals surface area (Å²) < 4.78 is 23.0. The molecule has 0 saturated carbocycles. The molecule has 114 valence electrons. The smallest absolute Gasteiger partial charge is 0.151 e. The largest absolute Gasteiger partial charge is 0.313 e. The Kier molecular flexibility index (Phi) is 7.32. The molecule has 0 amide bonds. The van der Waals surface area contributed by atoms with Crippen molar-refractivity contribution in [3.05, 3.63) is 0 Å². The number of hydrogen-bond acceptors (Lipinski definition) is 4. The van der Waals surface area contributed by atoms with Gasteiger partial charge in [0.1, 0.15) is 0 Å². The lowest BCUT2D eigenvalue weighted by Gasteiger charge is -2.29. The second-order valence-electron chi connectivity index (χ2n) is 5.97. The highest BCUT2D eigenvalue weighted by molar-refractivity contribution is 7.91. The number of nitrogens with zero attached hydrogens (tertiary/aromatic N) is 1. The zero-order chi connectivity index (χ0) is 14.3. The van der Waals surface area contributed by atoms with E-state index in [0.29, 0.717) is 5.92 Å². The van der Waals surface area contributed by atoms with Gasteiger partial charge in [-0.3, -0.25) is 0 Å². The van der Waals surface area contributed by atoms with Gasteiger partial charge in [0.25, 0.3) is 0 Å². The van der Waals surface area contributed by atoms with Crippen LogP contribution >= 0.6 is 0 Å². The molecule has 0 aromatic carbocycles. The molecular formula is C14H30N2O2S. The van der Waals surface area contributed by atoms with E-state index in [1.165, 1.54) is 32.4 Å². The summed E-state index contributed by atoms with van der Waals surface area (Å²) in [4.78, 5) is 2.53. The number of hydrogen-bond donors (Lipinski definition) is 1. The molecule has 0 aromatic rings. The first-order chi connectivity index (χ1) is 8.93. The van der Waals surface area contributed by atoms with Gasteiger partial charge in [-0.05, 0) is 45.3 Å². The van der Waals surface area contributed by atoms with Crippen LogP contribution in [0.1, 0.15) is 40.0 Å². The molecule has 0 radical (unpaired) electrons. The number of likely N-dealkylation sites (tertiary alicyclic amines) is 1. The van der Waals surface area contributed by atoms with Crippen molar-refractivity contribution in [3.8, 4) is 0 Å². The van der Waals surface area contributed by atoms with E-state index in [0.717, 1.165) is 13.1 Å². The molecule has 0 bridgehead atoms. The fraction of sp³-hybridized carbons (Fsp3) is 1.00. The molecule has 1 N–H and O–H groups in total. The number of sulfone groups is 1. The van der Waals surface area contributed by atoms with E-state index < -0.39 is 9.84 Å². The van der Waals surface area contributed by atoms with Crippen LogP contribution < -0.4 is 5.32 Å². The SMILES string of the molecule is CCS(=O)(=O)CC(C)NCC(C)CN1CCCCC1. The summed E-state index contributed by atoms with van der Waals surface area (Å²) in [6.07, 6.45) is 4.02. The van der Waals surface area contributed by atoms with Crippen LogP contribution in [0, 0.1) is 5.92 Å². The first kappa shape index (κ1) is 16.9. The third-order valence-electron chi connectivity index (χ3n) is 3.78. The Hall–Kier alpha value is -0.130. The molecule has 19 heavy (non-hydrogen) atoms. The molecule has 1 saturated heterocycles. The molecule has 1 rings (SSSR count). The van der Waals surface area contributed by atoms with Crippen LogP contribution in [-0.2, 0) is 9.84 Å². The van der Waals surface area contributed by atoms with Gasteiger partial charge >= 0.3 is 0 Å². The molecule has 2 unspecified atom stereocenters. The second-order valence-corrected chi connectivity index (χ2v) is 8.37. The first-order valence-corrected chi connectivity index (χ1v) is 9.41. The maximum atomic E-state index is 11.5. The van der Waals surface area contributed by atoms with Crippen molar-refractivity contribution < 1.29 is 8.42 Å². The van der Waals surface area contributed by atoms with Crippen LogP contribution in [0.2, 0.25) is 0 Å². The Labute approximate surface area is 118 Å².